The molecule has 5 nitrogen and oxygen atoms in total. The van der Waals surface area contributed by atoms with Crippen molar-refractivity contribution >= 4 is 5.95 Å². The quantitative estimate of drug-likeness (QED) is 0.942. The second-order valence-electron chi connectivity index (χ2n) is 5.37. The Morgan fingerprint density at radius 3 is 2.36 bits per heavy atom. The first kappa shape index (κ1) is 16.3. The van der Waals surface area contributed by atoms with Crippen LogP contribution >= 0.6 is 0 Å². The Labute approximate surface area is 126 Å². The van der Waals surface area contributed by atoms with Crippen LogP contribution in [0, 0.1) is 20.8 Å². The Hall–Kier alpha value is -2.12. The van der Waals surface area contributed by atoms with Gasteiger partial charge in [-0.3, -0.25) is 4.68 Å². The van der Waals surface area contributed by atoms with Gasteiger partial charge >= 0.3 is 6.18 Å². The Bertz CT molecular complexity index is 663. The number of aromatic nitrogens is 4. The minimum atomic E-state index is -4.48. The van der Waals surface area contributed by atoms with Crippen molar-refractivity contribution in [3.63, 3.8) is 0 Å². The molecular weight excluding hydrogens is 295 g/mol. The molecule has 120 valence electrons. The molecule has 0 saturated carbocycles. The number of anilines is 1. The van der Waals surface area contributed by atoms with Crippen LogP contribution in [0.2, 0.25) is 0 Å². The number of nitrogens with zero attached hydrogens (tertiary/aromatic N) is 4. The van der Waals surface area contributed by atoms with Crippen molar-refractivity contribution in [1.82, 2.24) is 19.7 Å². The van der Waals surface area contributed by atoms with E-state index in [0.29, 0.717) is 6.54 Å². The highest BCUT2D eigenvalue weighted by atomic mass is 19.4. The van der Waals surface area contributed by atoms with Crippen molar-refractivity contribution in [3.8, 4) is 0 Å². The molecule has 2 heterocycles. The first-order valence-electron chi connectivity index (χ1n) is 6.85. The smallest absolute Gasteiger partial charge is 0.350 e. The molecular formula is C14H18F3N5. The van der Waals surface area contributed by atoms with Crippen LogP contribution in [0.15, 0.2) is 12.1 Å². The Morgan fingerprint density at radius 2 is 1.82 bits per heavy atom. The van der Waals surface area contributed by atoms with Crippen LogP contribution < -0.4 is 5.32 Å². The van der Waals surface area contributed by atoms with Gasteiger partial charge in [0.05, 0.1) is 12.2 Å². The van der Waals surface area contributed by atoms with E-state index in [0.717, 1.165) is 17.5 Å². The summed E-state index contributed by atoms with van der Waals surface area (Å²) >= 11 is 0. The van der Waals surface area contributed by atoms with Crippen molar-refractivity contribution in [2.75, 3.05) is 5.32 Å². The monoisotopic (exact) mass is 313 g/mol. The van der Waals surface area contributed by atoms with Crippen LogP contribution in [0.25, 0.3) is 0 Å². The maximum absolute atomic E-state index is 12.8. The molecule has 2 aromatic heterocycles. The van der Waals surface area contributed by atoms with Crippen LogP contribution in [-0.4, -0.2) is 25.8 Å². The molecule has 0 aliphatic heterocycles. The summed E-state index contributed by atoms with van der Waals surface area (Å²) in [7, 11) is 0. The third-order valence-corrected chi connectivity index (χ3v) is 3.07. The summed E-state index contributed by atoms with van der Waals surface area (Å²) in [6.45, 7) is 7.68. The lowest BCUT2D eigenvalue weighted by molar-refractivity contribution is -0.141. The van der Waals surface area contributed by atoms with E-state index in [2.05, 4.69) is 20.4 Å². The normalized spacial score (nSPS) is 13.2. The lowest BCUT2D eigenvalue weighted by Crippen LogP contribution is -2.25. The van der Waals surface area contributed by atoms with Gasteiger partial charge in [0.25, 0.3) is 0 Å². The van der Waals surface area contributed by atoms with Crippen molar-refractivity contribution in [1.29, 1.82) is 0 Å². The van der Waals surface area contributed by atoms with Gasteiger partial charge in [0.2, 0.25) is 5.95 Å². The molecule has 0 aliphatic rings. The van der Waals surface area contributed by atoms with Crippen molar-refractivity contribution < 1.29 is 13.2 Å². The van der Waals surface area contributed by atoms with E-state index < -0.39 is 11.9 Å². The standard InChI is InChI=1S/C14H18F3N5/c1-8-6-12(14(15,16)17)20-13(18-8)19-10(3)7-22-11(4)5-9(2)21-22/h5-6,10H,7H2,1-4H3,(H,18,19,20)/t10-/m1/s1. The third kappa shape index (κ3) is 3.96. The molecule has 0 unspecified atom stereocenters. The largest absolute Gasteiger partial charge is 0.433 e. The fourth-order valence-electron chi connectivity index (χ4n) is 2.16. The molecule has 8 heteroatoms. The molecule has 0 fully saturated rings. The summed E-state index contributed by atoms with van der Waals surface area (Å²) in [5.41, 5.74) is 1.21. The SMILES string of the molecule is Cc1cc(C(F)(F)F)nc(N[C@H](C)Cn2nc(C)cc2C)n1. The highest BCUT2D eigenvalue weighted by Crippen LogP contribution is 2.28. The van der Waals surface area contributed by atoms with Crippen molar-refractivity contribution in [3.05, 3.63) is 34.9 Å². The zero-order chi connectivity index (χ0) is 16.5. The predicted molar refractivity (Wildman–Crippen MR) is 76.6 cm³/mol. The van der Waals surface area contributed by atoms with Gasteiger partial charge in [0.15, 0.2) is 0 Å². The maximum Gasteiger partial charge on any atom is 0.433 e. The van der Waals surface area contributed by atoms with Gasteiger partial charge in [0, 0.05) is 17.4 Å². The minimum Gasteiger partial charge on any atom is -0.350 e. The van der Waals surface area contributed by atoms with E-state index in [1.165, 1.54) is 6.92 Å². The highest BCUT2D eigenvalue weighted by Gasteiger charge is 2.33. The molecule has 0 radical (unpaired) electrons. The van der Waals surface area contributed by atoms with Gasteiger partial charge in [-0.05, 0) is 39.8 Å². The number of rotatable bonds is 4. The Kier molecular flexibility index (Phi) is 4.39. The molecule has 1 N–H and O–H groups in total. The highest BCUT2D eigenvalue weighted by molar-refractivity contribution is 5.30. The predicted octanol–water partition coefficient (Wildman–Crippen LogP) is 3.12. The Morgan fingerprint density at radius 1 is 1.14 bits per heavy atom. The fraction of sp³-hybridized carbons (Fsp3) is 0.500. The molecule has 2 aromatic rings. The molecule has 0 spiro atoms. The average Bonchev–Trinajstić information content (AvgIpc) is 2.65. The van der Waals surface area contributed by atoms with E-state index in [1.807, 2.05) is 26.8 Å². The summed E-state index contributed by atoms with van der Waals surface area (Å²) < 4.78 is 40.1. The topological polar surface area (TPSA) is 55.6 Å². The molecule has 0 amide bonds. The third-order valence-electron chi connectivity index (χ3n) is 3.07. The molecule has 0 aromatic carbocycles. The zero-order valence-electron chi connectivity index (χ0n) is 12.9. The Balaban J connectivity index is 2.13. The van der Waals surface area contributed by atoms with Crippen molar-refractivity contribution in [2.45, 2.75) is 46.5 Å². The van der Waals surface area contributed by atoms with E-state index in [-0.39, 0.29) is 17.7 Å². The molecule has 1 atom stereocenters. The summed E-state index contributed by atoms with van der Waals surface area (Å²) in [6, 6.07) is 2.70. The molecule has 22 heavy (non-hydrogen) atoms. The number of alkyl halides is 3. The van der Waals surface area contributed by atoms with Crippen LogP contribution in [-0.2, 0) is 12.7 Å². The average molecular weight is 313 g/mol. The van der Waals surface area contributed by atoms with E-state index in [9.17, 15) is 13.2 Å². The maximum atomic E-state index is 12.8. The number of hydrogen-bond acceptors (Lipinski definition) is 4. The molecule has 0 aliphatic carbocycles. The van der Waals surface area contributed by atoms with Crippen LogP contribution in [0.3, 0.4) is 0 Å². The molecule has 2 rings (SSSR count). The number of halogens is 3. The summed E-state index contributed by atoms with van der Waals surface area (Å²) in [4.78, 5) is 7.54. The number of nitrogens with one attached hydrogen (secondary N) is 1. The first-order valence-corrected chi connectivity index (χ1v) is 6.85. The van der Waals surface area contributed by atoms with Gasteiger partial charge in [-0.2, -0.15) is 18.3 Å². The van der Waals surface area contributed by atoms with Crippen LogP contribution in [0.1, 0.15) is 29.7 Å². The second kappa shape index (κ2) is 5.94. The van der Waals surface area contributed by atoms with E-state index >= 15 is 0 Å². The number of aryl methyl sites for hydroxylation is 3. The van der Waals surface area contributed by atoms with E-state index in [4.69, 9.17) is 0 Å². The van der Waals surface area contributed by atoms with Crippen LogP contribution in [0.5, 0.6) is 0 Å². The van der Waals surface area contributed by atoms with Crippen LogP contribution in [0.4, 0.5) is 19.1 Å². The zero-order valence-corrected chi connectivity index (χ0v) is 12.9. The van der Waals surface area contributed by atoms with Gasteiger partial charge in [0.1, 0.15) is 5.69 Å². The van der Waals surface area contributed by atoms with Gasteiger partial charge in [-0.1, -0.05) is 0 Å². The lowest BCUT2D eigenvalue weighted by Gasteiger charge is -2.16. The lowest BCUT2D eigenvalue weighted by atomic mass is 10.3. The van der Waals surface area contributed by atoms with E-state index in [1.54, 1.807) is 4.68 Å². The van der Waals surface area contributed by atoms with Gasteiger partial charge < -0.3 is 5.32 Å². The first-order chi connectivity index (χ1) is 10.1. The van der Waals surface area contributed by atoms with Gasteiger partial charge in [-0.15, -0.1) is 0 Å². The molecule has 0 bridgehead atoms. The summed E-state index contributed by atoms with van der Waals surface area (Å²) in [5.74, 6) is -0.0265. The van der Waals surface area contributed by atoms with Crippen molar-refractivity contribution in [2.24, 2.45) is 0 Å². The molecule has 0 saturated heterocycles. The second-order valence-corrected chi connectivity index (χ2v) is 5.37. The fourth-order valence-corrected chi connectivity index (χ4v) is 2.16. The number of hydrogen-bond donors (Lipinski definition) is 1. The summed E-state index contributed by atoms with van der Waals surface area (Å²) in [5, 5.41) is 7.22. The minimum absolute atomic E-state index is 0.0265. The van der Waals surface area contributed by atoms with Gasteiger partial charge in [-0.25, -0.2) is 9.97 Å². The summed E-state index contributed by atoms with van der Waals surface area (Å²) in [6.07, 6.45) is -4.48.